The van der Waals surface area contributed by atoms with Gasteiger partial charge in [0.1, 0.15) is 0 Å². The molecule has 0 bridgehead atoms. The minimum absolute atomic E-state index is 0. The summed E-state index contributed by atoms with van der Waals surface area (Å²) < 4.78 is 2.19. The number of rotatable bonds is 0. The van der Waals surface area contributed by atoms with E-state index in [-0.39, 0.29) is 35.7 Å². The summed E-state index contributed by atoms with van der Waals surface area (Å²) in [4.78, 5) is 0. The fraction of sp³-hybridized carbons (Fsp3) is 0.444. The Hall–Kier alpha value is 0.177. The minimum atomic E-state index is 0. The SMILES string of the molecule is CC(C)(C)[n+]1ccccc1.P.[H-].[Li+]. The van der Waals surface area contributed by atoms with Crippen LogP contribution in [0.5, 0.6) is 0 Å². The first-order valence-corrected chi connectivity index (χ1v) is 3.57. The molecule has 64 valence electrons. The molecule has 1 atom stereocenters. The van der Waals surface area contributed by atoms with Crippen LogP contribution in [0.25, 0.3) is 0 Å². The van der Waals surface area contributed by atoms with Crippen molar-refractivity contribution in [1.82, 2.24) is 0 Å². The van der Waals surface area contributed by atoms with Gasteiger partial charge in [0, 0.05) is 32.9 Å². The molecule has 0 amide bonds. The molecule has 0 saturated carbocycles. The van der Waals surface area contributed by atoms with Gasteiger partial charge in [-0.15, -0.1) is 0 Å². The molecule has 12 heavy (non-hydrogen) atoms. The second-order valence-corrected chi connectivity index (χ2v) is 3.45. The molecule has 0 aromatic carbocycles. The number of hydrogen-bond acceptors (Lipinski definition) is 0. The first-order valence-electron chi connectivity index (χ1n) is 3.57. The summed E-state index contributed by atoms with van der Waals surface area (Å²) in [5.41, 5.74) is 0.210. The number of nitrogens with zero attached hydrogens (tertiary/aromatic N) is 1. The quantitative estimate of drug-likeness (QED) is 0.270. The van der Waals surface area contributed by atoms with Crippen LogP contribution in [0.3, 0.4) is 0 Å². The van der Waals surface area contributed by atoms with Gasteiger partial charge in [0.2, 0.25) is 0 Å². The predicted molar refractivity (Wildman–Crippen MR) is 53.9 cm³/mol. The summed E-state index contributed by atoms with van der Waals surface area (Å²) in [5, 5.41) is 0. The Labute approximate surface area is 91.9 Å². The molecule has 3 heteroatoms. The average Bonchev–Trinajstić information content (AvgIpc) is 1.88. The van der Waals surface area contributed by atoms with E-state index in [4.69, 9.17) is 0 Å². The number of pyridine rings is 1. The summed E-state index contributed by atoms with van der Waals surface area (Å²) in [7, 11) is 0. The Balaban J connectivity index is -0.000000333. The van der Waals surface area contributed by atoms with E-state index in [9.17, 15) is 0 Å². The summed E-state index contributed by atoms with van der Waals surface area (Å²) in [6.07, 6.45) is 4.17. The molecule has 1 unspecified atom stereocenters. The van der Waals surface area contributed by atoms with E-state index in [0.29, 0.717) is 0 Å². The van der Waals surface area contributed by atoms with Crippen LogP contribution in [-0.4, -0.2) is 0 Å². The van der Waals surface area contributed by atoms with Crippen molar-refractivity contribution in [3.05, 3.63) is 30.6 Å². The molecule has 0 aliphatic rings. The van der Waals surface area contributed by atoms with Crippen LogP contribution < -0.4 is 23.4 Å². The van der Waals surface area contributed by atoms with Crippen molar-refractivity contribution in [2.24, 2.45) is 0 Å². The number of aromatic nitrogens is 1. The zero-order chi connectivity index (χ0) is 7.61. The maximum Gasteiger partial charge on any atom is 1.00 e. The van der Waals surface area contributed by atoms with Gasteiger partial charge in [-0.1, -0.05) is 6.07 Å². The van der Waals surface area contributed by atoms with E-state index in [1.165, 1.54) is 0 Å². The van der Waals surface area contributed by atoms with Crippen LogP contribution in [0, 0.1) is 0 Å². The third-order valence-electron chi connectivity index (χ3n) is 1.49. The largest absolute Gasteiger partial charge is 1.00 e. The predicted octanol–water partition coefficient (Wildman–Crippen LogP) is -1.10. The zero-order valence-corrected chi connectivity index (χ0v) is 9.96. The molecule has 0 N–H and O–H groups in total. The van der Waals surface area contributed by atoms with Gasteiger partial charge in [-0.3, -0.25) is 0 Å². The topological polar surface area (TPSA) is 3.88 Å². The van der Waals surface area contributed by atoms with Crippen molar-refractivity contribution in [2.45, 2.75) is 26.3 Å². The van der Waals surface area contributed by atoms with Crippen LogP contribution in [0.15, 0.2) is 30.6 Å². The number of hydrogen-bond donors (Lipinski definition) is 0. The van der Waals surface area contributed by atoms with Gasteiger partial charge in [-0.25, -0.2) is 4.57 Å². The van der Waals surface area contributed by atoms with E-state index >= 15 is 0 Å². The molecular formula is C9H18LiNP+. The Kier molecular flexibility index (Phi) is 7.05. The van der Waals surface area contributed by atoms with Gasteiger partial charge in [-0.2, -0.15) is 9.90 Å². The smallest absolute Gasteiger partial charge is 1.00 e. The fourth-order valence-electron chi connectivity index (χ4n) is 0.846. The second-order valence-electron chi connectivity index (χ2n) is 3.45. The van der Waals surface area contributed by atoms with Crippen molar-refractivity contribution < 1.29 is 24.9 Å². The fourth-order valence-corrected chi connectivity index (χ4v) is 0.846. The molecular weight excluding hydrogens is 160 g/mol. The van der Waals surface area contributed by atoms with E-state index in [1.54, 1.807) is 0 Å². The van der Waals surface area contributed by atoms with Gasteiger partial charge in [0.15, 0.2) is 17.9 Å². The Morgan fingerprint density at radius 3 is 1.67 bits per heavy atom. The van der Waals surface area contributed by atoms with E-state index in [1.807, 2.05) is 18.2 Å². The molecule has 0 radical (unpaired) electrons. The van der Waals surface area contributed by atoms with Crippen molar-refractivity contribution in [1.29, 1.82) is 0 Å². The van der Waals surface area contributed by atoms with E-state index in [2.05, 4.69) is 37.7 Å². The molecule has 0 spiro atoms. The van der Waals surface area contributed by atoms with Crippen molar-refractivity contribution >= 4 is 9.90 Å². The van der Waals surface area contributed by atoms with Crippen LogP contribution in [0.4, 0.5) is 0 Å². The molecule has 1 nitrogen and oxygen atoms in total. The maximum absolute atomic E-state index is 2.19. The zero-order valence-electron chi connectivity index (χ0n) is 9.54. The monoisotopic (exact) mass is 178 g/mol. The van der Waals surface area contributed by atoms with Gasteiger partial charge in [0.25, 0.3) is 0 Å². The molecule has 0 saturated heterocycles. The third kappa shape index (κ3) is 4.26. The van der Waals surface area contributed by atoms with Gasteiger partial charge < -0.3 is 1.43 Å². The molecule has 0 aliphatic carbocycles. The minimum Gasteiger partial charge on any atom is -1.00 e. The standard InChI is InChI=1S/C9H14N.Li.H3P.H/c1-9(2,3)10-7-5-4-6-8-10;;;/h4-8H,1-3H3;;1H3;/q2*+1;;-1. The average molecular weight is 178 g/mol. The maximum atomic E-state index is 2.19. The molecule has 1 aromatic heterocycles. The summed E-state index contributed by atoms with van der Waals surface area (Å²) >= 11 is 0. The Bertz CT molecular complexity index is 211. The van der Waals surface area contributed by atoms with Gasteiger partial charge in [-0.05, 0) is 0 Å². The van der Waals surface area contributed by atoms with E-state index in [0.717, 1.165) is 0 Å². The van der Waals surface area contributed by atoms with Crippen molar-refractivity contribution in [3.63, 3.8) is 0 Å². The summed E-state index contributed by atoms with van der Waals surface area (Å²) in [6.45, 7) is 6.56. The van der Waals surface area contributed by atoms with Crippen LogP contribution in [-0.2, 0) is 5.54 Å². The second kappa shape index (κ2) is 5.76. The molecule has 1 heterocycles. The first-order chi connectivity index (χ1) is 4.61. The van der Waals surface area contributed by atoms with Crippen LogP contribution >= 0.6 is 9.90 Å². The molecule has 1 aromatic rings. The first kappa shape index (κ1) is 14.7. The Morgan fingerprint density at radius 2 is 1.42 bits per heavy atom. The molecule has 1 rings (SSSR count). The summed E-state index contributed by atoms with van der Waals surface area (Å²) in [5.74, 6) is 0. The molecule has 0 aliphatic heterocycles. The van der Waals surface area contributed by atoms with Crippen LogP contribution in [0.2, 0.25) is 0 Å². The van der Waals surface area contributed by atoms with Gasteiger partial charge >= 0.3 is 18.9 Å². The Morgan fingerprint density at radius 1 is 1.00 bits per heavy atom. The van der Waals surface area contributed by atoms with Gasteiger partial charge in [0.05, 0.1) is 0 Å². The van der Waals surface area contributed by atoms with Crippen LogP contribution in [0.1, 0.15) is 22.2 Å². The normalized spacial score (nSPS) is 9.58. The molecule has 0 fully saturated rings. The van der Waals surface area contributed by atoms with E-state index < -0.39 is 0 Å². The summed E-state index contributed by atoms with van der Waals surface area (Å²) in [6, 6.07) is 6.12. The third-order valence-corrected chi connectivity index (χ3v) is 1.49. The van der Waals surface area contributed by atoms with Crippen molar-refractivity contribution in [2.75, 3.05) is 0 Å². The van der Waals surface area contributed by atoms with Crippen molar-refractivity contribution in [3.8, 4) is 0 Å².